The maximum atomic E-state index is 15.0. The Morgan fingerprint density at radius 2 is 0.797 bits per heavy atom. The molecule has 6 aromatic rings. The van der Waals surface area contributed by atoms with Crippen molar-refractivity contribution < 1.29 is 39.3 Å². The zero-order chi connectivity index (χ0) is 46.7. The summed E-state index contributed by atoms with van der Waals surface area (Å²) >= 11 is 0. The minimum atomic E-state index is -0.701. The summed E-state index contributed by atoms with van der Waals surface area (Å²) in [6, 6.07) is 49.7. The van der Waals surface area contributed by atoms with Crippen LogP contribution in [-0.2, 0) is 21.7 Å². The fourth-order valence-electron chi connectivity index (χ4n) is 9.30. The molecule has 2 nitrogen and oxygen atoms in total. The van der Waals surface area contributed by atoms with E-state index in [-0.39, 0.29) is 45.6 Å². The summed E-state index contributed by atoms with van der Waals surface area (Å²) in [4.78, 5) is 3.99. The molecule has 0 radical (unpaired) electrons. The summed E-state index contributed by atoms with van der Waals surface area (Å²) < 4.78 is 57.2. The summed E-state index contributed by atoms with van der Waals surface area (Å²) in [5.74, 6) is -2.66. The minimum Gasteiger partial charge on any atom is -0.384 e. The number of anilines is 2. The van der Waals surface area contributed by atoms with Crippen molar-refractivity contribution in [2.24, 2.45) is 11.8 Å². The number of halogens is 4. The predicted octanol–water partition coefficient (Wildman–Crippen LogP) is 15.6. The number of benzene rings is 6. The predicted molar refractivity (Wildman–Crippen MR) is 267 cm³/mol. The number of fused-ring (bicyclic) bond motifs is 2. The first-order valence-corrected chi connectivity index (χ1v) is 22.6. The molecule has 0 fully saturated rings. The Labute approximate surface area is 417 Å². The van der Waals surface area contributed by atoms with E-state index in [1.807, 2.05) is 155 Å². The maximum absolute atomic E-state index is 15.0. The number of allylic oxidation sites excluding steroid dienone is 14. The molecule has 12 rings (SSSR count). The molecule has 0 bridgehead atoms. The third kappa shape index (κ3) is 10.9. The van der Waals surface area contributed by atoms with E-state index in [0.717, 1.165) is 57.6 Å². The first-order valence-electron chi connectivity index (χ1n) is 22.6. The van der Waals surface area contributed by atoms with Crippen molar-refractivity contribution >= 4 is 22.8 Å². The third-order valence-electron chi connectivity index (χ3n) is 12.1. The molecule has 0 spiro atoms. The molecular weight excluding hydrogens is 897 g/mol. The second-order valence-electron chi connectivity index (χ2n) is 16.3. The van der Waals surface area contributed by atoms with E-state index in [1.165, 1.54) is 24.3 Å². The molecule has 6 aliphatic rings. The SMILES string of the molecule is Fc1[c-]c(F)c(N2C(c3ccccc3)=C3C=CC=CC3C2c2ccccc2)cc1.Fc1[c-]c(F)c(N2C(c3ccccc3)=C3C=CC=CC3C2c2ccccc2)cc1.[C-]1=CC=CC1.[C-]1=CC=CC1.[Ti+4]. The fourth-order valence-corrected chi connectivity index (χ4v) is 9.30. The van der Waals surface area contributed by atoms with Crippen LogP contribution in [0, 0.1) is 59.4 Å². The molecule has 0 saturated carbocycles. The van der Waals surface area contributed by atoms with Gasteiger partial charge in [0.2, 0.25) is 0 Å². The van der Waals surface area contributed by atoms with Crippen LogP contribution in [-0.4, -0.2) is 0 Å². The number of rotatable bonds is 6. The Morgan fingerprint density at radius 3 is 1.12 bits per heavy atom. The first-order chi connectivity index (χ1) is 33.5. The smallest absolute Gasteiger partial charge is 0.384 e. The Hall–Kier alpha value is -7.25. The van der Waals surface area contributed by atoms with Gasteiger partial charge in [0.1, 0.15) is 0 Å². The molecule has 0 saturated heterocycles. The average Bonchev–Trinajstić information content (AvgIpc) is 4.24. The molecule has 2 heterocycles. The molecular formula is C62H46F4N2Ti. The van der Waals surface area contributed by atoms with Crippen molar-refractivity contribution in [1.82, 2.24) is 0 Å². The second-order valence-corrected chi connectivity index (χ2v) is 16.3. The van der Waals surface area contributed by atoms with Gasteiger partial charge in [-0.1, -0.05) is 170 Å². The van der Waals surface area contributed by atoms with Crippen LogP contribution in [0.15, 0.2) is 242 Å². The van der Waals surface area contributed by atoms with E-state index in [9.17, 15) is 17.6 Å². The van der Waals surface area contributed by atoms with E-state index in [4.69, 9.17) is 0 Å². The largest absolute Gasteiger partial charge is 4.00 e. The Morgan fingerprint density at radius 1 is 0.420 bits per heavy atom. The van der Waals surface area contributed by atoms with Crippen LogP contribution in [0.25, 0.3) is 11.4 Å². The van der Waals surface area contributed by atoms with Crippen LogP contribution >= 0.6 is 0 Å². The van der Waals surface area contributed by atoms with Crippen LogP contribution < -0.4 is 9.80 Å². The van der Waals surface area contributed by atoms with Gasteiger partial charge >= 0.3 is 21.7 Å². The van der Waals surface area contributed by atoms with Crippen molar-refractivity contribution in [2.45, 2.75) is 24.9 Å². The molecule has 0 aromatic heterocycles. The van der Waals surface area contributed by atoms with Crippen molar-refractivity contribution in [3.63, 3.8) is 0 Å². The van der Waals surface area contributed by atoms with E-state index >= 15 is 0 Å². The fraction of sp³-hybridized carbons (Fsp3) is 0.0968. The molecule has 4 unspecified atom stereocenters. The van der Waals surface area contributed by atoms with Gasteiger partial charge in [0, 0.05) is 46.5 Å². The van der Waals surface area contributed by atoms with E-state index in [0.29, 0.717) is 11.4 Å². The van der Waals surface area contributed by atoms with Crippen LogP contribution in [0.3, 0.4) is 0 Å². The normalized spacial score (nSPS) is 19.6. The molecule has 4 atom stereocenters. The van der Waals surface area contributed by atoms with Crippen LogP contribution in [0.4, 0.5) is 28.9 Å². The molecule has 4 aliphatic carbocycles. The first kappa shape index (κ1) is 48.2. The molecule has 7 heteroatoms. The molecule has 6 aromatic carbocycles. The molecule has 0 amide bonds. The van der Waals surface area contributed by atoms with E-state index in [2.05, 4.69) is 85.0 Å². The standard InChI is InChI=1S/2C26H18F2N.2C5H5.Ti/c2*27-20-15-16-24(23(28)17-20)29-25(18-9-3-1-4-10-18)21-13-7-8-14-22(21)26(29)19-11-5-2-6-12-19;2*1-2-4-5-3-1;/h2*1-16,21,25H;2*1-3H,4H2;/q4*-1;+4. The number of hydrogen-bond acceptors (Lipinski definition) is 2. The summed E-state index contributed by atoms with van der Waals surface area (Å²) in [5.41, 5.74) is 8.89. The Bertz CT molecular complexity index is 2790. The van der Waals surface area contributed by atoms with Gasteiger partial charge in [-0.2, -0.15) is 12.2 Å². The van der Waals surface area contributed by atoms with Gasteiger partial charge in [-0.05, 0) is 44.8 Å². The molecule has 69 heavy (non-hydrogen) atoms. The van der Waals surface area contributed by atoms with Crippen LogP contribution in [0.5, 0.6) is 0 Å². The maximum Gasteiger partial charge on any atom is 4.00 e. The summed E-state index contributed by atoms with van der Waals surface area (Å²) in [5, 5.41) is 0. The zero-order valence-corrected chi connectivity index (χ0v) is 39.1. The summed E-state index contributed by atoms with van der Waals surface area (Å²) in [6.07, 6.45) is 36.6. The quantitative estimate of drug-likeness (QED) is 0.0933. The van der Waals surface area contributed by atoms with Gasteiger partial charge in [0.15, 0.2) is 0 Å². The average molecular weight is 943 g/mol. The van der Waals surface area contributed by atoms with Crippen LogP contribution in [0.2, 0.25) is 0 Å². The van der Waals surface area contributed by atoms with Crippen molar-refractivity contribution in [3.05, 3.63) is 312 Å². The van der Waals surface area contributed by atoms with E-state index in [1.54, 1.807) is 0 Å². The van der Waals surface area contributed by atoms with Gasteiger partial charge in [0.05, 0.1) is 12.1 Å². The number of hydrogen-bond donors (Lipinski definition) is 0. The van der Waals surface area contributed by atoms with Gasteiger partial charge in [-0.3, -0.25) is 12.2 Å². The zero-order valence-electron chi connectivity index (χ0n) is 37.6. The van der Waals surface area contributed by atoms with Gasteiger partial charge in [-0.25, -0.2) is 41.9 Å². The second kappa shape index (κ2) is 23.2. The third-order valence-corrected chi connectivity index (χ3v) is 12.1. The van der Waals surface area contributed by atoms with Crippen molar-refractivity contribution in [1.29, 1.82) is 0 Å². The molecule has 336 valence electrons. The van der Waals surface area contributed by atoms with Crippen molar-refractivity contribution in [3.8, 4) is 0 Å². The van der Waals surface area contributed by atoms with E-state index < -0.39 is 23.3 Å². The van der Waals surface area contributed by atoms with Gasteiger partial charge < -0.3 is 9.80 Å². The van der Waals surface area contributed by atoms with Crippen molar-refractivity contribution in [2.75, 3.05) is 9.80 Å². The number of nitrogens with zero attached hydrogens (tertiary/aromatic N) is 2. The van der Waals surface area contributed by atoms with Gasteiger partial charge in [-0.15, -0.1) is 49.2 Å². The van der Waals surface area contributed by atoms with Crippen LogP contribution in [0.1, 0.15) is 47.2 Å². The van der Waals surface area contributed by atoms with Gasteiger partial charge in [0.25, 0.3) is 0 Å². The Kier molecular flexibility index (Phi) is 16.2. The summed E-state index contributed by atoms with van der Waals surface area (Å²) in [6.45, 7) is 0. The topological polar surface area (TPSA) is 6.48 Å². The minimum absolute atomic E-state index is 0. The summed E-state index contributed by atoms with van der Waals surface area (Å²) in [7, 11) is 0. The monoisotopic (exact) mass is 942 g/mol. The molecule has 0 N–H and O–H groups in total. The Balaban J connectivity index is 0.000000153. The molecule has 2 aliphatic heterocycles.